The highest BCUT2D eigenvalue weighted by Crippen LogP contribution is 2.22. The van der Waals surface area contributed by atoms with Crippen molar-refractivity contribution in [1.29, 1.82) is 0 Å². The topological polar surface area (TPSA) is 18.5 Å². The highest BCUT2D eigenvalue weighted by Gasteiger charge is 2.25. The van der Waals surface area contributed by atoms with Gasteiger partial charge in [0.2, 0.25) is 0 Å². The van der Waals surface area contributed by atoms with Gasteiger partial charge in [0.15, 0.2) is 5.11 Å². The van der Waals surface area contributed by atoms with E-state index >= 15 is 0 Å². The predicted molar refractivity (Wildman–Crippen MR) is 98.4 cm³/mol. The molecule has 0 aliphatic carbocycles. The molecule has 22 heavy (non-hydrogen) atoms. The molecule has 5 heteroatoms. The average molecular weight is 340 g/mol. The molecule has 1 fully saturated rings. The lowest BCUT2D eigenvalue weighted by molar-refractivity contribution is 0.171. The van der Waals surface area contributed by atoms with Gasteiger partial charge in [0.1, 0.15) is 0 Å². The number of nitrogens with zero attached hydrogens (tertiary/aromatic N) is 2. The first kappa shape index (κ1) is 17.5. The number of nitrogens with one attached hydrogen (secondary N) is 1. The van der Waals surface area contributed by atoms with E-state index in [-0.39, 0.29) is 0 Å². The fourth-order valence-electron chi connectivity index (χ4n) is 2.82. The van der Waals surface area contributed by atoms with Crippen LogP contribution >= 0.6 is 23.8 Å². The van der Waals surface area contributed by atoms with Crippen molar-refractivity contribution in [2.45, 2.75) is 38.8 Å². The zero-order valence-corrected chi connectivity index (χ0v) is 15.1. The van der Waals surface area contributed by atoms with E-state index in [2.05, 4.69) is 35.2 Å². The summed E-state index contributed by atoms with van der Waals surface area (Å²) in [4.78, 5) is 4.71. The predicted octanol–water partition coefficient (Wildman–Crippen LogP) is 3.52. The molecule has 0 bridgehead atoms. The van der Waals surface area contributed by atoms with Crippen LogP contribution in [0.25, 0.3) is 0 Å². The number of likely N-dealkylation sites (tertiary alicyclic amines) is 1. The molecule has 1 saturated heterocycles. The summed E-state index contributed by atoms with van der Waals surface area (Å²) in [6.07, 6.45) is 3.37. The summed E-state index contributed by atoms with van der Waals surface area (Å²) in [6, 6.07) is 8.54. The van der Waals surface area contributed by atoms with Crippen molar-refractivity contribution in [3.63, 3.8) is 0 Å². The number of piperidine rings is 1. The first-order chi connectivity index (χ1) is 10.6. The Morgan fingerprint density at radius 3 is 2.68 bits per heavy atom. The molecule has 0 atom stereocenters. The molecule has 1 aliphatic heterocycles. The molecular weight excluding hydrogens is 314 g/mol. The molecule has 0 spiro atoms. The summed E-state index contributed by atoms with van der Waals surface area (Å²) >= 11 is 12.0. The molecule has 0 aromatic heterocycles. The number of thiocarbonyl (C=S) groups is 1. The molecule has 122 valence electrons. The minimum atomic E-state index is 0.490. The second kappa shape index (κ2) is 8.70. The maximum atomic E-state index is 6.34. The molecule has 3 nitrogen and oxygen atoms in total. The van der Waals surface area contributed by atoms with Crippen LogP contribution in [0, 0.1) is 0 Å². The summed E-state index contributed by atoms with van der Waals surface area (Å²) in [5.74, 6) is 0. The van der Waals surface area contributed by atoms with Crippen LogP contribution in [-0.2, 0) is 6.54 Å². The van der Waals surface area contributed by atoms with Gasteiger partial charge in [-0.2, -0.15) is 0 Å². The maximum Gasteiger partial charge on any atom is 0.169 e. The van der Waals surface area contributed by atoms with Crippen molar-refractivity contribution in [1.82, 2.24) is 15.1 Å². The van der Waals surface area contributed by atoms with Gasteiger partial charge in [-0.05, 0) is 63.2 Å². The van der Waals surface area contributed by atoms with Gasteiger partial charge < -0.3 is 15.1 Å². The van der Waals surface area contributed by atoms with E-state index in [1.807, 2.05) is 18.2 Å². The standard InChI is InChI=1S/C17H26ClN3S/c1-3-10-19-17(22)21(15-8-11-20(2)12-9-15)13-14-6-4-5-7-16(14)18/h4-7,15H,3,8-13H2,1-2H3,(H,19,22). The molecule has 1 aliphatic rings. The van der Waals surface area contributed by atoms with Crippen LogP contribution in [0.2, 0.25) is 5.02 Å². The smallest absolute Gasteiger partial charge is 0.169 e. The Morgan fingerprint density at radius 1 is 1.36 bits per heavy atom. The van der Waals surface area contributed by atoms with E-state index in [4.69, 9.17) is 23.8 Å². The summed E-state index contributed by atoms with van der Waals surface area (Å²) in [7, 11) is 2.18. The molecule has 1 heterocycles. The average Bonchev–Trinajstić information content (AvgIpc) is 2.53. The van der Waals surface area contributed by atoms with E-state index in [1.54, 1.807) is 0 Å². The van der Waals surface area contributed by atoms with Gasteiger partial charge in [-0.15, -0.1) is 0 Å². The van der Waals surface area contributed by atoms with Gasteiger partial charge in [-0.3, -0.25) is 0 Å². The summed E-state index contributed by atoms with van der Waals surface area (Å²) in [6.45, 7) is 6.11. The minimum absolute atomic E-state index is 0.490. The lowest BCUT2D eigenvalue weighted by Crippen LogP contribution is -2.49. The fraction of sp³-hybridized carbons (Fsp3) is 0.588. The molecule has 1 N–H and O–H groups in total. The van der Waals surface area contributed by atoms with E-state index in [9.17, 15) is 0 Å². The Hall–Kier alpha value is -0.840. The Labute approximate surface area is 144 Å². The Balaban J connectivity index is 2.10. The highest BCUT2D eigenvalue weighted by atomic mass is 35.5. The van der Waals surface area contributed by atoms with E-state index in [0.717, 1.165) is 61.1 Å². The first-order valence-electron chi connectivity index (χ1n) is 8.08. The monoisotopic (exact) mass is 339 g/mol. The van der Waals surface area contributed by atoms with Gasteiger partial charge in [0.05, 0.1) is 0 Å². The van der Waals surface area contributed by atoms with Crippen LogP contribution in [-0.4, -0.2) is 47.6 Å². The summed E-state index contributed by atoms with van der Waals surface area (Å²) in [5.41, 5.74) is 1.14. The molecule has 1 aromatic rings. The van der Waals surface area contributed by atoms with E-state index in [0.29, 0.717) is 6.04 Å². The Bertz CT molecular complexity index is 487. The largest absolute Gasteiger partial charge is 0.363 e. The van der Waals surface area contributed by atoms with Crippen molar-refractivity contribution in [2.75, 3.05) is 26.7 Å². The van der Waals surface area contributed by atoms with Gasteiger partial charge in [0, 0.05) is 24.2 Å². The van der Waals surface area contributed by atoms with Crippen LogP contribution < -0.4 is 5.32 Å². The quantitative estimate of drug-likeness (QED) is 0.827. The van der Waals surface area contributed by atoms with Gasteiger partial charge in [-0.25, -0.2) is 0 Å². The fourth-order valence-corrected chi connectivity index (χ4v) is 3.33. The number of hydrogen-bond donors (Lipinski definition) is 1. The second-order valence-electron chi connectivity index (χ2n) is 5.99. The van der Waals surface area contributed by atoms with Gasteiger partial charge in [0.25, 0.3) is 0 Å². The zero-order valence-electron chi connectivity index (χ0n) is 13.5. The van der Waals surface area contributed by atoms with Crippen molar-refractivity contribution >= 4 is 28.9 Å². The molecule has 2 rings (SSSR count). The Morgan fingerprint density at radius 2 is 2.05 bits per heavy atom. The first-order valence-corrected chi connectivity index (χ1v) is 8.87. The highest BCUT2D eigenvalue weighted by molar-refractivity contribution is 7.80. The Kier molecular flexibility index (Phi) is 6.93. The lowest BCUT2D eigenvalue weighted by Gasteiger charge is -2.39. The van der Waals surface area contributed by atoms with Crippen molar-refractivity contribution in [3.05, 3.63) is 34.9 Å². The van der Waals surface area contributed by atoms with Crippen LogP contribution in [0.3, 0.4) is 0 Å². The molecule has 0 unspecified atom stereocenters. The third-order valence-electron chi connectivity index (χ3n) is 4.21. The number of rotatable bonds is 5. The third-order valence-corrected chi connectivity index (χ3v) is 4.96. The lowest BCUT2D eigenvalue weighted by atomic mass is 10.0. The SMILES string of the molecule is CCCNC(=S)N(Cc1ccccc1Cl)C1CCN(C)CC1. The van der Waals surface area contributed by atoms with Crippen molar-refractivity contribution < 1.29 is 0 Å². The molecule has 0 amide bonds. The van der Waals surface area contributed by atoms with Gasteiger partial charge >= 0.3 is 0 Å². The summed E-state index contributed by atoms with van der Waals surface area (Å²) < 4.78 is 0. The molecule has 1 aromatic carbocycles. The van der Waals surface area contributed by atoms with Crippen LogP contribution in [0.1, 0.15) is 31.7 Å². The van der Waals surface area contributed by atoms with Crippen molar-refractivity contribution in [2.24, 2.45) is 0 Å². The number of benzene rings is 1. The third kappa shape index (κ3) is 4.83. The van der Waals surface area contributed by atoms with Crippen LogP contribution in [0.15, 0.2) is 24.3 Å². The minimum Gasteiger partial charge on any atom is -0.363 e. The van der Waals surface area contributed by atoms with Crippen LogP contribution in [0.4, 0.5) is 0 Å². The van der Waals surface area contributed by atoms with Gasteiger partial charge in [-0.1, -0.05) is 36.7 Å². The molecule has 0 radical (unpaired) electrons. The second-order valence-corrected chi connectivity index (χ2v) is 6.78. The van der Waals surface area contributed by atoms with E-state index < -0.39 is 0 Å². The molecular formula is C17H26ClN3S. The summed E-state index contributed by atoms with van der Waals surface area (Å²) in [5, 5.41) is 5.06. The number of halogens is 1. The molecule has 0 saturated carbocycles. The van der Waals surface area contributed by atoms with E-state index in [1.165, 1.54) is 0 Å². The zero-order chi connectivity index (χ0) is 15.9. The van der Waals surface area contributed by atoms with Crippen molar-refractivity contribution in [3.8, 4) is 0 Å². The van der Waals surface area contributed by atoms with Crippen LogP contribution in [0.5, 0.6) is 0 Å². The number of hydrogen-bond acceptors (Lipinski definition) is 2. The maximum absolute atomic E-state index is 6.34. The normalized spacial score (nSPS) is 16.5.